The normalized spacial score (nSPS) is 10.3. The summed E-state index contributed by atoms with van der Waals surface area (Å²) in [5.41, 5.74) is 0.790. The summed E-state index contributed by atoms with van der Waals surface area (Å²) in [6.07, 6.45) is 1.73. The molecule has 2 rings (SSSR count). The largest absolute Gasteiger partial charge is 0.383 e. The van der Waals surface area contributed by atoms with E-state index >= 15 is 0 Å². The van der Waals surface area contributed by atoms with Crippen molar-refractivity contribution in [3.63, 3.8) is 0 Å². The zero-order chi connectivity index (χ0) is 11.2. The molecule has 16 heavy (non-hydrogen) atoms. The molecule has 0 amide bonds. The van der Waals surface area contributed by atoms with E-state index in [2.05, 4.69) is 19.7 Å². The highest BCUT2D eigenvalue weighted by Gasteiger charge is 2.06. The molecule has 6 heteroatoms. The Morgan fingerprint density at radius 2 is 2.38 bits per heavy atom. The Kier molecular flexibility index (Phi) is 3.79. The van der Waals surface area contributed by atoms with Gasteiger partial charge in [-0.2, -0.15) is 9.36 Å². The number of hydrogen-bond acceptors (Lipinski definition) is 6. The van der Waals surface area contributed by atoms with Gasteiger partial charge in [-0.3, -0.25) is 4.98 Å². The van der Waals surface area contributed by atoms with Gasteiger partial charge in [0.1, 0.15) is 5.69 Å². The fourth-order valence-corrected chi connectivity index (χ4v) is 1.76. The standard InChI is InChI=1S/C10H12N4OS/c1-15-7-6-12-10-13-9(14-16-10)8-4-2-3-5-11-8/h2-5H,6-7H2,1H3,(H,12,13,14). The Bertz CT molecular complexity index is 431. The molecule has 84 valence electrons. The molecular weight excluding hydrogens is 224 g/mol. The summed E-state index contributed by atoms with van der Waals surface area (Å²) in [6, 6.07) is 5.68. The Morgan fingerprint density at radius 1 is 1.44 bits per heavy atom. The average molecular weight is 236 g/mol. The molecule has 0 aliphatic rings. The number of aromatic nitrogens is 3. The van der Waals surface area contributed by atoms with Crippen LogP contribution in [-0.4, -0.2) is 34.6 Å². The van der Waals surface area contributed by atoms with Gasteiger partial charge in [-0.05, 0) is 12.1 Å². The van der Waals surface area contributed by atoms with Gasteiger partial charge < -0.3 is 10.1 Å². The molecule has 2 heterocycles. The molecule has 0 radical (unpaired) electrons. The minimum absolute atomic E-state index is 0.651. The molecule has 2 aromatic rings. The third-order valence-electron chi connectivity index (χ3n) is 1.90. The number of pyridine rings is 1. The van der Waals surface area contributed by atoms with Crippen molar-refractivity contribution in [3.05, 3.63) is 24.4 Å². The van der Waals surface area contributed by atoms with Crippen LogP contribution in [0.1, 0.15) is 0 Å². The maximum absolute atomic E-state index is 4.94. The number of nitrogens with zero attached hydrogens (tertiary/aromatic N) is 3. The maximum Gasteiger partial charge on any atom is 0.203 e. The average Bonchev–Trinajstić information content (AvgIpc) is 2.79. The number of methoxy groups -OCH3 is 1. The Labute approximate surface area is 97.7 Å². The van der Waals surface area contributed by atoms with Crippen LogP contribution in [0, 0.1) is 0 Å². The van der Waals surface area contributed by atoms with E-state index in [1.807, 2.05) is 18.2 Å². The van der Waals surface area contributed by atoms with Gasteiger partial charge in [-0.15, -0.1) is 0 Å². The van der Waals surface area contributed by atoms with Gasteiger partial charge in [0.2, 0.25) is 5.13 Å². The molecule has 5 nitrogen and oxygen atoms in total. The van der Waals surface area contributed by atoms with E-state index < -0.39 is 0 Å². The van der Waals surface area contributed by atoms with E-state index in [4.69, 9.17) is 4.74 Å². The van der Waals surface area contributed by atoms with Crippen LogP contribution >= 0.6 is 11.5 Å². The summed E-state index contributed by atoms with van der Waals surface area (Å²) >= 11 is 1.33. The molecule has 0 unspecified atom stereocenters. The number of rotatable bonds is 5. The molecule has 0 atom stereocenters. The first-order chi connectivity index (χ1) is 7.90. The second-order valence-electron chi connectivity index (χ2n) is 3.06. The van der Waals surface area contributed by atoms with Crippen LogP contribution < -0.4 is 5.32 Å². The van der Waals surface area contributed by atoms with Gasteiger partial charge in [-0.1, -0.05) is 6.07 Å². The molecule has 0 aromatic carbocycles. The molecule has 0 aliphatic carbocycles. The van der Waals surface area contributed by atoms with Crippen LogP contribution in [0.5, 0.6) is 0 Å². The number of nitrogens with one attached hydrogen (secondary N) is 1. The zero-order valence-corrected chi connectivity index (χ0v) is 9.70. The fraction of sp³-hybridized carbons (Fsp3) is 0.300. The van der Waals surface area contributed by atoms with E-state index in [0.29, 0.717) is 12.4 Å². The van der Waals surface area contributed by atoms with E-state index in [1.165, 1.54) is 11.5 Å². The third-order valence-corrected chi connectivity index (χ3v) is 2.58. The first-order valence-corrected chi connectivity index (χ1v) is 5.65. The topological polar surface area (TPSA) is 59.9 Å². The van der Waals surface area contributed by atoms with Gasteiger partial charge in [0.05, 0.1) is 6.61 Å². The Balaban J connectivity index is 2.02. The van der Waals surface area contributed by atoms with Crippen molar-refractivity contribution in [2.45, 2.75) is 0 Å². The number of hydrogen-bond donors (Lipinski definition) is 1. The maximum atomic E-state index is 4.94. The van der Waals surface area contributed by atoms with Crippen molar-refractivity contribution in [3.8, 4) is 11.5 Å². The second kappa shape index (κ2) is 5.53. The van der Waals surface area contributed by atoms with E-state index in [9.17, 15) is 0 Å². The summed E-state index contributed by atoms with van der Waals surface area (Å²) in [5, 5.41) is 3.92. The molecule has 0 fully saturated rings. The number of anilines is 1. The molecule has 0 spiro atoms. The second-order valence-corrected chi connectivity index (χ2v) is 3.81. The van der Waals surface area contributed by atoms with Gasteiger partial charge in [-0.25, -0.2) is 0 Å². The monoisotopic (exact) mass is 236 g/mol. The van der Waals surface area contributed by atoms with E-state index in [0.717, 1.165) is 17.4 Å². The number of ether oxygens (including phenoxy) is 1. The molecular formula is C10H12N4OS. The zero-order valence-electron chi connectivity index (χ0n) is 8.88. The molecule has 1 N–H and O–H groups in total. The first-order valence-electron chi connectivity index (χ1n) is 4.88. The highest BCUT2D eigenvalue weighted by molar-refractivity contribution is 7.09. The predicted octanol–water partition coefficient (Wildman–Crippen LogP) is 1.66. The third kappa shape index (κ3) is 2.74. The lowest BCUT2D eigenvalue weighted by molar-refractivity contribution is 0.211. The predicted molar refractivity (Wildman–Crippen MR) is 63.5 cm³/mol. The highest BCUT2D eigenvalue weighted by atomic mass is 32.1. The summed E-state index contributed by atoms with van der Waals surface area (Å²) in [7, 11) is 1.67. The van der Waals surface area contributed by atoms with Crippen molar-refractivity contribution >= 4 is 16.7 Å². The van der Waals surface area contributed by atoms with Crippen LogP contribution in [0.3, 0.4) is 0 Å². The van der Waals surface area contributed by atoms with Crippen molar-refractivity contribution in [1.29, 1.82) is 0 Å². The van der Waals surface area contributed by atoms with Crippen molar-refractivity contribution in [2.24, 2.45) is 0 Å². The Morgan fingerprint density at radius 3 is 3.12 bits per heavy atom. The summed E-state index contributed by atoms with van der Waals surface area (Å²) < 4.78 is 9.17. The summed E-state index contributed by atoms with van der Waals surface area (Å²) in [4.78, 5) is 8.52. The van der Waals surface area contributed by atoms with Crippen LogP contribution in [0.15, 0.2) is 24.4 Å². The SMILES string of the molecule is COCCNc1nc(-c2ccccn2)ns1. The summed E-state index contributed by atoms with van der Waals surface area (Å²) in [5.74, 6) is 0.658. The smallest absolute Gasteiger partial charge is 0.203 e. The Hall–Kier alpha value is -1.53. The fourth-order valence-electron chi connectivity index (χ4n) is 1.15. The van der Waals surface area contributed by atoms with Crippen molar-refractivity contribution < 1.29 is 4.74 Å². The quantitative estimate of drug-likeness (QED) is 0.800. The van der Waals surface area contributed by atoms with Crippen molar-refractivity contribution in [2.75, 3.05) is 25.6 Å². The molecule has 0 saturated carbocycles. The van der Waals surface area contributed by atoms with Crippen LogP contribution in [0.25, 0.3) is 11.5 Å². The first kappa shape index (κ1) is 11.0. The van der Waals surface area contributed by atoms with Gasteiger partial charge in [0.15, 0.2) is 5.82 Å². The lowest BCUT2D eigenvalue weighted by Crippen LogP contribution is -2.07. The molecule has 0 aliphatic heterocycles. The summed E-state index contributed by atoms with van der Waals surface area (Å²) in [6.45, 7) is 1.38. The minimum Gasteiger partial charge on any atom is -0.383 e. The highest BCUT2D eigenvalue weighted by Crippen LogP contribution is 2.18. The van der Waals surface area contributed by atoms with Gasteiger partial charge in [0, 0.05) is 31.4 Å². The lowest BCUT2D eigenvalue weighted by Gasteiger charge is -1.98. The molecule has 0 saturated heterocycles. The van der Waals surface area contributed by atoms with E-state index in [1.54, 1.807) is 13.3 Å². The van der Waals surface area contributed by atoms with Crippen LogP contribution in [-0.2, 0) is 4.74 Å². The van der Waals surface area contributed by atoms with Crippen LogP contribution in [0.2, 0.25) is 0 Å². The van der Waals surface area contributed by atoms with Gasteiger partial charge in [0.25, 0.3) is 0 Å². The van der Waals surface area contributed by atoms with E-state index in [-0.39, 0.29) is 0 Å². The van der Waals surface area contributed by atoms with Crippen LogP contribution in [0.4, 0.5) is 5.13 Å². The lowest BCUT2D eigenvalue weighted by atomic mass is 10.3. The minimum atomic E-state index is 0.651. The van der Waals surface area contributed by atoms with Crippen molar-refractivity contribution in [1.82, 2.24) is 14.3 Å². The molecule has 2 aromatic heterocycles. The van der Waals surface area contributed by atoms with Gasteiger partial charge >= 0.3 is 0 Å². The molecule has 0 bridgehead atoms.